The van der Waals surface area contributed by atoms with Crippen LogP contribution in [0.3, 0.4) is 0 Å². The number of carbonyl (C=O) groups is 1. The maximum Gasteiger partial charge on any atom is 0.243 e. The highest BCUT2D eigenvalue weighted by Crippen LogP contribution is 2.11. The van der Waals surface area contributed by atoms with Gasteiger partial charge in [0.05, 0.1) is 6.54 Å². The van der Waals surface area contributed by atoms with E-state index in [1.54, 1.807) is 19.4 Å². The Morgan fingerprint density at radius 2 is 1.86 bits per heavy atom. The van der Waals surface area contributed by atoms with Crippen LogP contribution in [0.15, 0.2) is 47.7 Å². The lowest BCUT2D eigenvalue weighted by Crippen LogP contribution is -2.53. The van der Waals surface area contributed by atoms with Crippen molar-refractivity contribution < 1.29 is 4.79 Å². The summed E-state index contributed by atoms with van der Waals surface area (Å²) in [5.41, 5.74) is 2.01. The van der Waals surface area contributed by atoms with Gasteiger partial charge in [-0.2, -0.15) is 0 Å². The van der Waals surface area contributed by atoms with Crippen LogP contribution in [-0.4, -0.2) is 66.5 Å². The van der Waals surface area contributed by atoms with Crippen LogP contribution in [-0.2, 0) is 11.2 Å². The average molecular weight is 509 g/mol. The summed E-state index contributed by atoms with van der Waals surface area (Å²) < 4.78 is 0. The molecule has 1 amide bonds. The van der Waals surface area contributed by atoms with Gasteiger partial charge in [0, 0.05) is 51.3 Å². The Bertz CT molecular complexity index is 807. The molecule has 0 spiro atoms. The predicted octanol–water partition coefficient (Wildman–Crippen LogP) is 1.99. The number of benzene rings is 1. The average Bonchev–Trinajstić information content (AvgIpc) is 2.75. The Labute approximate surface area is 188 Å². The summed E-state index contributed by atoms with van der Waals surface area (Å²) in [5.74, 6) is 1.38. The molecule has 2 aromatic rings. The summed E-state index contributed by atoms with van der Waals surface area (Å²) in [5, 5.41) is 6.08. The van der Waals surface area contributed by atoms with E-state index in [1.807, 2.05) is 24.3 Å². The van der Waals surface area contributed by atoms with Crippen molar-refractivity contribution >= 4 is 47.5 Å². The molecule has 0 atom stereocenters. The number of nitrogens with one attached hydrogen (secondary N) is 2. The highest BCUT2D eigenvalue weighted by Gasteiger charge is 2.21. The van der Waals surface area contributed by atoms with Crippen LogP contribution in [0, 0.1) is 0 Å². The molecule has 1 fully saturated rings. The van der Waals surface area contributed by atoms with Crippen LogP contribution >= 0.6 is 24.0 Å². The first-order valence-electron chi connectivity index (χ1n) is 9.56. The monoisotopic (exact) mass is 509 g/mol. The van der Waals surface area contributed by atoms with E-state index < -0.39 is 0 Å². The molecule has 29 heavy (non-hydrogen) atoms. The van der Waals surface area contributed by atoms with Crippen LogP contribution in [0.25, 0.3) is 0 Å². The molecule has 156 valence electrons. The molecule has 1 aliphatic rings. The number of aromatic nitrogens is 2. The van der Waals surface area contributed by atoms with Crippen molar-refractivity contribution in [2.75, 3.05) is 50.0 Å². The maximum absolute atomic E-state index is 12.3. The number of nitrogens with zero attached hydrogens (tertiary/aromatic N) is 5. The van der Waals surface area contributed by atoms with Crippen molar-refractivity contribution in [3.05, 3.63) is 48.3 Å². The molecule has 1 aliphatic heterocycles. The Balaban J connectivity index is 0.00000300. The van der Waals surface area contributed by atoms with E-state index in [0.717, 1.165) is 50.2 Å². The van der Waals surface area contributed by atoms with E-state index in [-0.39, 0.29) is 36.4 Å². The van der Waals surface area contributed by atoms with Gasteiger partial charge >= 0.3 is 0 Å². The molecule has 0 saturated carbocycles. The zero-order valence-electron chi connectivity index (χ0n) is 16.8. The van der Waals surface area contributed by atoms with Crippen LogP contribution in [0.2, 0.25) is 0 Å². The molecule has 0 bridgehead atoms. The first-order chi connectivity index (χ1) is 13.7. The Morgan fingerprint density at radius 1 is 1.14 bits per heavy atom. The largest absolute Gasteiger partial charge is 0.347 e. The SMILES string of the molecule is CCc1cccc(NC(=O)CNC(=NC)N2CCN(c3ncccn3)CC2)c1.I. The van der Waals surface area contributed by atoms with Gasteiger partial charge in [0.25, 0.3) is 0 Å². The summed E-state index contributed by atoms with van der Waals surface area (Å²) >= 11 is 0. The minimum atomic E-state index is -0.0919. The fourth-order valence-electron chi connectivity index (χ4n) is 3.14. The third kappa shape index (κ3) is 6.55. The molecule has 2 heterocycles. The number of amides is 1. The lowest BCUT2D eigenvalue weighted by atomic mass is 10.1. The molecular weight excluding hydrogens is 481 g/mol. The molecule has 8 nitrogen and oxygen atoms in total. The van der Waals surface area contributed by atoms with Crippen LogP contribution in [0.1, 0.15) is 12.5 Å². The van der Waals surface area contributed by atoms with Crippen molar-refractivity contribution in [2.24, 2.45) is 4.99 Å². The summed E-state index contributed by atoms with van der Waals surface area (Å²) in [4.78, 5) is 29.5. The van der Waals surface area contributed by atoms with Crippen molar-refractivity contribution in [2.45, 2.75) is 13.3 Å². The van der Waals surface area contributed by atoms with Gasteiger partial charge in [-0.05, 0) is 30.2 Å². The maximum atomic E-state index is 12.3. The van der Waals surface area contributed by atoms with Gasteiger partial charge in [-0.1, -0.05) is 19.1 Å². The van der Waals surface area contributed by atoms with E-state index in [9.17, 15) is 4.79 Å². The molecule has 0 aliphatic carbocycles. The number of piperazine rings is 1. The third-order valence-electron chi connectivity index (χ3n) is 4.65. The predicted molar refractivity (Wildman–Crippen MR) is 127 cm³/mol. The number of anilines is 2. The topological polar surface area (TPSA) is 85.8 Å². The number of halogens is 1. The smallest absolute Gasteiger partial charge is 0.243 e. The number of hydrogen-bond donors (Lipinski definition) is 2. The zero-order valence-corrected chi connectivity index (χ0v) is 19.2. The molecule has 0 unspecified atom stereocenters. The fourth-order valence-corrected chi connectivity index (χ4v) is 3.14. The van der Waals surface area contributed by atoms with Gasteiger partial charge in [0.15, 0.2) is 5.96 Å². The fraction of sp³-hybridized carbons (Fsp3) is 0.400. The van der Waals surface area contributed by atoms with Gasteiger partial charge in [-0.15, -0.1) is 24.0 Å². The third-order valence-corrected chi connectivity index (χ3v) is 4.65. The standard InChI is InChI=1S/C20H27N7O.HI/c1-3-16-6-4-7-17(14-16)25-18(28)15-24-19(21-2)26-10-12-27(13-11-26)20-22-8-5-9-23-20;/h4-9,14H,3,10-13,15H2,1-2H3,(H,21,24)(H,25,28);1H. The van der Waals surface area contributed by atoms with Crippen molar-refractivity contribution in [1.29, 1.82) is 0 Å². The number of hydrogen-bond acceptors (Lipinski definition) is 5. The van der Waals surface area contributed by atoms with E-state index in [2.05, 4.69) is 48.4 Å². The number of carbonyl (C=O) groups excluding carboxylic acids is 1. The van der Waals surface area contributed by atoms with Crippen LogP contribution < -0.4 is 15.5 Å². The molecule has 1 aromatic carbocycles. The molecular formula is C20H28IN7O. The second-order valence-electron chi connectivity index (χ2n) is 6.53. The van der Waals surface area contributed by atoms with Gasteiger partial charge in [0.1, 0.15) is 0 Å². The highest BCUT2D eigenvalue weighted by atomic mass is 127. The highest BCUT2D eigenvalue weighted by molar-refractivity contribution is 14.0. The van der Waals surface area contributed by atoms with Crippen LogP contribution in [0.4, 0.5) is 11.6 Å². The Hall–Kier alpha value is -2.43. The zero-order chi connectivity index (χ0) is 19.8. The molecule has 2 N–H and O–H groups in total. The van der Waals surface area contributed by atoms with E-state index >= 15 is 0 Å². The number of rotatable bonds is 5. The minimum absolute atomic E-state index is 0. The van der Waals surface area contributed by atoms with Crippen LogP contribution in [0.5, 0.6) is 0 Å². The quantitative estimate of drug-likeness (QED) is 0.365. The second-order valence-corrected chi connectivity index (χ2v) is 6.53. The molecule has 1 aromatic heterocycles. The number of aliphatic imine (C=N–C) groups is 1. The van der Waals surface area contributed by atoms with Crippen molar-refractivity contribution in [3.63, 3.8) is 0 Å². The van der Waals surface area contributed by atoms with Crippen molar-refractivity contribution in [1.82, 2.24) is 20.2 Å². The first kappa shape index (κ1) is 22.9. The normalized spacial score (nSPS) is 14.2. The lowest BCUT2D eigenvalue weighted by molar-refractivity contribution is -0.115. The Kier molecular flexibility index (Phi) is 9.10. The second kappa shape index (κ2) is 11.5. The molecule has 3 rings (SSSR count). The summed E-state index contributed by atoms with van der Waals surface area (Å²) in [6, 6.07) is 9.72. The number of aryl methyl sites for hydroxylation is 1. The number of guanidine groups is 1. The van der Waals surface area contributed by atoms with E-state index in [0.29, 0.717) is 0 Å². The molecule has 0 radical (unpaired) electrons. The summed E-state index contributed by atoms with van der Waals surface area (Å²) in [7, 11) is 1.73. The Morgan fingerprint density at radius 3 is 2.52 bits per heavy atom. The van der Waals surface area contributed by atoms with Gasteiger partial charge in [-0.25, -0.2) is 9.97 Å². The van der Waals surface area contributed by atoms with E-state index in [4.69, 9.17) is 0 Å². The summed E-state index contributed by atoms with van der Waals surface area (Å²) in [6.07, 6.45) is 4.45. The molecule has 1 saturated heterocycles. The first-order valence-corrected chi connectivity index (χ1v) is 9.56. The van der Waals surface area contributed by atoms with Gasteiger partial charge in [0.2, 0.25) is 11.9 Å². The minimum Gasteiger partial charge on any atom is -0.347 e. The molecule has 9 heteroatoms. The van der Waals surface area contributed by atoms with Gasteiger partial charge in [-0.3, -0.25) is 9.79 Å². The van der Waals surface area contributed by atoms with Crippen molar-refractivity contribution in [3.8, 4) is 0 Å². The van der Waals surface area contributed by atoms with Gasteiger partial charge < -0.3 is 20.4 Å². The lowest BCUT2D eigenvalue weighted by Gasteiger charge is -2.36. The summed E-state index contributed by atoms with van der Waals surface area (Å²) in [6.45, 7) is 5.46. The van der Waals surface area contributed by atoms with E-state index in [1.165, 1.54) is 5.56 Å².